The van der Waals surface area contributed by atoms with Crippen molar-refractivity contribution in [3.05, 3.63) is 64.2 Å². The van der Waals surface area contributed by atoms with Gasteiger partial charge >= 0.3 is 0 Å². The van der Waals surface area contributed by atoms with Crippen molar-refractivity contribution < 1.29 is 9.66 Å². The molecule has 144 valence electrons. The lowest BCUT2D eigenvalue weighted by Crippen LogP contribution is -2.71. The van der Waals surface area contributed by atoms with Gasteiger partial charge in [-0.2, -0.15) is 0 Å². The van der Waals surface area contributed by atoms with Gasteiger partial charge in [0.1, 0.15) is 5.75 Å². The zero-order valence-electron chi connectivity index (χ0n) is 15.3. The molecule has 3 atom stereocenters. The second-order valence-electron chi connectivity index (χ2n) is 7.73. The highest BCUT2D eigenvalue weighted by molar-refractivity contribution is 7.80. The van der Waals surface area contributed by atoms with Crippen LogP contribution in [0.25, 0.3) is 0 Å². The molecule has 3 aliphatic rings. The van der Waals surface area contributed by atoms with E-state index in [2.05, 4.69) is 22.3 Å². The zero-order valence-corrected chi connectivity index (χ0v) is 16.2. The van der Waals surface area contributed by atoms with Gasteiger partial charge in [0, 0.05) is 35.7 Å². The molecule has 2 aliphatic heterocycles. The molecule has 0 unspecified atom stereocenters. The fourth-order valence-corrected chi connectivity index (χ4v) is 5.45. The molecule has 0 radical (unpaired) electrons. The summed E-state index contributed by atoms with van der Waals surface area (Å²) in [5.41, 5.74) is 1.37. The van der Waals surface area contributed by atoms with Crippen LogP contribution in [0.2, 0.25) is 0 Å². The van der Waals surface area contributed by atoms with E-state index in [9.17, 15) is 10.1 Å². The number of benzene rings is 2. The Balaban J connectivity index is 1.69. The van der Waals surface area contributed by atoms with Crippen molar-refractivity contribution in [2.45, 2.75) is 43.9 Å². The van der Waals surface area contributed by atoms with Crippen LogP contribution in [0.5, 0.6) is 5.75 Å². The van der Waals surface area contributed by atoms with E-state index in [-0.39, 0.29) is 22.6 Å². The van der Waals surface area contributed by atoms with Gasteiger partial charge in [0.05, 0.1) is 11.0 Å². The van der Waals surface area contributed by atoms with Crippen molar-refractivity contribution in [3.8, 4) is 5.75 Å². The van der Waals surface area contributed by atoms with Crippen LogP contribution in [0, 0.1) is 16.0 Å². The Hall–Kier alpha value is -2.67. The summed E-state index contributed by atoms with van der Waals surface area (Å²) < 4.78 is 6.72. The number of nitrogens with one attached hydrogen (secondary N) is 1. The van der Waals surface area contributed by atoms with Crippen molar-refractivity contribution in [3.63, 3.8) is 0 Å². The average molecular weight is 395 g/mol. The molecule has 1 saturated carbocycles. The van der Waals surface area contributed by atoms with Crippen LogP contribution < -0.4 is 15.0 Å². The highest BCUT2D eigenvalue weighted by Gasteiger charge is 2.58. The van der Waals surface area contributed by atoms with E-state index < -0.39 is 5.72 Å². The van der Waals surface area contributed by atoms with Gasteiger partial charge in [-0.05, 0) is 43.3 Å². The maximum atomic E-state index is 11.3. The Labute approximate surface area is 168 Å². The summed E-state index contributed by atoms with van der Waals surface area (Å²) >= 11 is 5.79. The Morgan fingerprint density at radius 3 is 2.79 bits per heavy atom. The lowest BCUT2D eigenvalue weighted by atomic mass is 9.75. The Morgan fingerprint density at radius 2 is 2.00 bits per heavy atom. The highest BCUT2D eigenvalue weighted by Crippen LogP contribution is 2.54. The van der Waals surface area contributed by atoms with Gasteiger partial charge in [0.25, 0.3) is 5.69 Å². The van der Waals surface area contributed by atoms with E-state index in [4.69, 9.17) is 17.0 Å². The first-order chi connectivity index (χ1) is 13.6. The standard InChI is InChI=1S/C21H21N3O3S/c25-24(26)15-10-11-18-16(13-15)19-17-9-5-2-6-12-21(17,27-18)23(20(28)22-19)14-7-3-1-4-8-14/h1,3-4,7-8,10-11,13,17,19H,2,5-6,9,12H2,(H,22,28)/t17-,19+,21-/m0/s1. The molecule has 2 bridgehead atoms. The van der Waals surface area contributed by atoms with Gasteiger partial charge < -0.3 is 10.1 Å². The molecular weight excluding hydrogens is 374 g/mol. The number of anilines is 1. The number of nitrogens with zero attached hydrogens (tertiary/aromatic N) is 2. The quantitative estimate of drug-likeness (QED) is 0.452. The molecule has 2 aromatic carbocycles. The number of hydrogen-bond acceptors (Lipinski definition) is 4. The fourth-order valence-electron chi connectivity index (χ4n) is 5.06. The lowest BCUT2D eigenvalue weighted by molar-refractivity contribution is -0.385. The van der Waals surface area contributed by atoms with Crippen LogP contribution in [-0.4, -0.2) is 15.8 Å². The smallest absolute Gasteiger partial charge is 0.270 e. The van der Waals surface area contributed by atoms with Crippen molar-refractivity contribution in [1.82, 2.24) is 5.32 Å². The summed E-state index contributed by atoms with van der Waals surface area (Å²) in [6.07, 6.45) is 5.21. The Morgan fingerprint density at radius 1 is 1.18 bits per heavy atom. The molecule has 0 amide bonds. The van der Waals surface area contributed by atoms with Gasteiger partial charge in [-0.15, -0.1) is 0 Å². The summed E-state index contributed by atoms with van der Waals surface area (Å²) in [4.78, 5) is 13.1. The van der Waals surface area contributed by atoms with Crippen LogP contribution in [-0.2, 0) is 0 Å². The van der Waals surface area contributed by atoms with Gasteiger partial charge in [0.15, 0.2) is 10.8 Å². The van der Waals surface area contributed by atoms with Crippen molar-refractivity contribution in [2.24, 2.45) is 5.92 Å². The predicted octanol–water partition coefficient (Wildman–Crippen LogP) is 4.70. The SMILES string of the molecule is O=[N+]([O-])c1ccc2c(c1)[C@H]1NC(=S)N(c3ccccc3)[C@@]3(CCCCC[C@@H]13)O2. The van der Waals surface area contributed by atoms with Crippen molar-refractivity contribution in [1.29, 1.82) is 0 Å². The van der Waals surface area contributed by atoms with E-state index in [1.807, 2.05) is 18.2 Å². The Kier molecular flexibility index (Phi) is 4.01. The summed E-state index contributed by atoms with van der Waals surface area (Å²) in [5, 5.41) is 15.4. The summed E-state index contributed by atoms with van der Waals surface area (Å²) in [7, 11) is 0. The molecule has 28 heavy (non-hydrogen) atoms. The second-order valence-corrected chi connectivity index (χ2v) is 8.12. The van der Waals surface area contributed by atoms with Gasteiger partial charge in [-0.3, -0.25) is 15.0 Å². The molecule has 0 aromatic heterocycles. The maximum Gasteiger partial charge on any atom is 0.270 e. The number of ether oxygens (including phenoxy) is 1. The molecule has 7 heteroatoms. The number of thiocarbonyl (C=S) groups is 1. The number of rotatable bonds is 2. The fraction of sp³-hybridized carbons (Fsp3) is 0.381. The lowest BCUT2D eigenvalue weighted by Gasteiger charge is -2.58. The number of nitro benzene ring substituents is 1. The molecule has 6 nitrogen and oxygen atoms in total. The first kappa shape index (κ1) is 17.4. The zero-order chi connectivity index (χ0) is 19.3. The first-order valence-corrected chi connectivity index (χ1v) is 10.1. The molecular formula is C21H21N3O3S. The second kappa shape index (κ2) is 6.44. The van der Waals surface area contributed by atoms with E-state index in [1.165, 1.54) is 6.07 Å². The van der Waals surface area contributed by atoms with E-state index >= 15 is 0 Å². The predicted molar refractivity (Wildman–Crippen MR) is 110 cm³/mol. The molecule has 2 aromatic rings. The van der Waals surface area contributed by atoms with E-state index in [0.717, 1.165) is 43.4 Å². The van der Waals surface area contributed by atoms with Crippen molar-refractivity contribution in [2.75, 3.05) is 4.90 Å². The van der Waals surface area contributed by atoms with Gasteiger partial charge in [-0.1, -0.05) is 31.0 Å². The van der Waals surface area contributed by atoms with Crippen LogP contribution in [0.1, 0.15) is 43.7 Å². The molecule has 1 N–H and O–H groups in total. The van der Waals surface area contributed by atoms with Crippen LogP contribution >= 0.6 is 12.2 Å². The van der Waals surface area contributed by atoms with Crippen LogP contribution in [0.4, 0.5) is 11.4 Å². The minimum absolute atomic E-state index is 0.0748. The molecule has 1 saturated heterocycles. The third-order valence-corrected chi connectivity index (χ3v) is 6.53. The molecule has 2 heterocycles. The number of para-hydroxylation sites is 1. The summed E-state index contributed by atoms with van der Waals surface area (Å²) in [6.45, 7) is 0. The number of fused-ring (bicyclic) bond motifs is 2. The molecule has 0 spiro atoms. The number of nitro groups is 1. The van der Waals surface area contributed by atoms with E-state index in [1.54, 1.807) is 12.1 Å². The maximum absolute atomic E-state index is 11.3. The third kappa shape index (κ3) is 2.49. The number of non-ortho nitro benzene ring substituents is 1. The number of hydrogen-bond donors (Lipinski definition) is 1. The minimum atomic E-state index is -0.562. The molecule has 1 aliphatic carbocycles. The normalized spacial score (nSPS) is 28.3. The average Bonchev–Trinajstić information content (AvgIpc) is 2.91. The van der Waals surface area contributed by atoms with Crippen LogP contribution in [0.3, 0.4) is 0 Å². The highest BCUT2D eigenvalue weighted by atomic mass is 32.1. The van der Waals surface area contributed by atoms with Gasteiger partial charge in [0.2, 0.25) is 0 Å². The van der Waals surface area contributed by atoms with E-state index in [0.29, 0.717) is 10.9 Å². The largest absolute Gasteiger partial charge is 0.467 e. The molecule has 2 fully saturated rings. The monoisotopic (exact) mass is 395 g/mol. The minimum Gasteiger partial charge on any atom is -0.467 e. The Bertz CT molecular complexity index is 951. The van der Waals surface area contributed by atoms with Crippen LogP contribution in [0.15, 0.2) is 48.5 Å². The third-order valence-electron chi connectivity index (χ3n) is 6.23. The molecule has 5 rings (SSSR count). The summed E-state index contributed by atoms with van der Waals surface area (Å²) in [5.74, 6) is 0.876. The van der Waals surface area contributed by atoms with Gasteiger partial charge in [-0.25, -0.2) is 0 Å². The topological polar surface area (TPSA) is 67.6 Å². The summed E-state index contributed by atoms with van der Waals surface area (Å²) in [6, 6.07) is 14.9. The van der Waals surface area contributed by atoms with Crippen molar-refractivity contribution >= 4 is 28.7 Å². The first-order valence-electron chi connectivity index (χ1n) is 9.73.